The van der Waals surface area contributed by atoms with Crippen molar-refractivity contribution in [3.05, 3.63) is 18.0 Å². The molecule has 1 heterocycles. The zero-order valence-corrected chi connectivity index (χ0v) is 11.1. The molecular formula is C12H24N4. The SMILES string of the molecule is CCC(C)(C(N)Cc1ccn(C)n1)N(C)C. The minimum Gasteiger partial charge on any atom is -0.326 e. The number of likely N-dealkylation sites (N-methyl/N-ethyl adjacent to an activating group) is 1. The molecule has 2 unspecified atom stereocenters. The lowest BCUT2D eigenvalue weighted by Crippen LogP contribution is -2.55. The molecular weight excluding hydrogens is 200 g/mol. The second kappa shape index (κ2) is 4.97. The van der Waals surface area contributed by atoms with Gasteiger partial charge in [-0.25, -0.2) is 0 Å². The number of nitrogens with zero attached hydrogens (tertiary/aromatic N) is 3. The van der Waals surface area contributed by atoms with Gasteiger partial charge in [0.15, 0.2) is 0 Å². The minimum absolute atomic E-state index is 0.0253. The van der Waals surface area contributed by atoms with Crippen LogP contribution in [-0.4, -0.2) is 40.4 Å². The van der Waals surface area contributed by atoms with Gasteiger partial charge in [0.25, 0.3) is 0 Å². The molecule has 2 atom stereocenters. The molecule has 1 aromatic heterocycles. The molecule has 0 aliphatic heterocycles. The smallest absolute Gasteiger partial charge is 0.0640 e. The van der Waals surface area contributed by atoms with Crippen LogP contribution < -0.4 is 5.73 Å². The Balaban J connectivity index is 2.73. The van der Waals surface area contributed by atoms with Gasteiger partial charge in [-0.2, -0.15) is 5.10 Å². The molecule has 1 aromatic rings. The maximum absolute atomic E-state index is 6.31. The number of aryl methyl sites for hydroxylation is 1. The highest BCUT2D eigenvalue weighted by Gasteiger charge is 2.32. The standard InChI is InChI=1S/C12H24N4/c1-6-12(2,15(3)4)11(13)9-10-7-8-16(5)14-10/h7-8,11H,6,9,13H2,1-5H3. The number of nitrogens with two attached hydrogens (primary N) is 1. The predicted molar refractivity (Wildman–Crippen MR) is 67.3 cm³/mol. The summed E-state index contributed by atoms with van der Waals surface area (Å²) >= 11 is 0. The lowest BCUT2D eigenvalue weighted by atomic mass is 9.86. The Labute approximate surface area is 98.4 Å². The van der Waals surface area contributed by atoms with Crippen LogP contribution in [0.25, 0.3) is 0 Å². The largest absolute Gasteiger partial charge is 0.326 e. The van der Waals surface area contributed by atoms with Gasteiger partial charge in [-0.1, -0.05) is 6.92 Å². The third-order valence-electron chi connectivity index (χ3n) is 3.73. The molecule has 0 saturated heterocycles. The van der Waals surface area contributed by atoms with Gasteiger partial charge in [0.1, 0.15) is 0 Å². The van der Waals surface area contributed by atoms with Gasteiger partial charge in [0.2, 0.25) is 0 Å². The Bertz CT molecular complexity index is 332. The Morgan fingerprint density at radius 2 is 2.19 bits per heavy atom. The first-order valence-electron chi connectivity index (χ1n) is 5.81. The van der Waals surface area contributed by atoms with E-state index in [1.54, 1.807) is 0 Å². The molecule has 1 rings (SSSR count). The molecule has 0 radical (unpaired) electrons. The molecule has 0 saturated carbocycles. The maximum Gasteiger partial charge on any atom is 0.0640 e. The first-order valence-corrected chi connectivity index (χ1v) is 5.81. The molecule has 0 spiro atoms. The van der Waals surface area contributed by atoms with E-state index in [1.165, 1.54) is 0 Å². The Kier molecular flexibility index (Phi) is 4.10. The van der Waals surface area contributed by atoms with Gasteiger partial charge in [0.05, 0.1) is 5.69 Å². The fourth-order valence-electron chi connectivity index (χ4n) is 1.93. The van der Waals surface area contributed by atoms with Crippen molar-refractivity contribution < 1.29 is 0 Å². The average molecular weight is 224 g/mol. The van der Waals surface area contributed by atoms with Gasteiger partial charge in [0, 0.05) is 31.2 Å². The minimum atomic E-state index is 0.0253. The molecule has 2 N–H and O–H groups in total. The van der Waals surface area contributed by atoms with Crippen molar-refractivity contribution in [3.63, 3.8) is 0 Å². The maximum atomic E-state index is 6.31. The number of rotatable bonds is 5. The molecule has 0 fully saturated rings. The van der Waals surface area contributed by atoms with Crippen LogP contribution in [0, 0.1) is 0 Å². The zero-order valence-electron chi connectivity index (χ0n) is 11.1. The van der Waals surface area contributed by atoms with E-state index in [1.807, 2.05) is 24.0 Å². The van der Waals surface area contributed by atoms with Gasteiger partial charge >= 0.3 is 0 Å². The third kappa shape index (κ3) is 2.62. The Morgan fingerprint density at radius 3 is 2.56 bits per heavy atom. The van der Waals surface area contributed by atoms with E-state index >= 15 is 0 Å². The van der Waals surface area contributed by atoms with E-state index in [0.29, 0.717) is 0 Å². The summed E-state index contributed by atoms with van der Waals surface area (Å²) in [5, 5.41) is 4.38. The van der Waals surface area contributed by atoms with Gasteiger partial charge < -0.3 is 10.6 Å². The van der Waals surface area contributed by atoms with Crippen LogP contribution in [0.4, 0.5) is 0 Å². The van der Waals surface area contributed by atoms with Crippen molar-refractivity contribution in [1.29, 1.82) is 0 Å². The van der Waals surface area contributed by atoms with Crippen LogP contribution >= 0.6 is 0 Å². The molecule has 16 heavy (non-hydrogen) atoms. The van der Waals surface area contributed by atoms with E-state index in [9.17, 15) is 0 Å². The van der Waals surface area contributed by atoms with Crippen molar-refractivity contribution in [2.24, 2.45) is 12.8 Å². The number of aromatic nitrogens is 2. The number of hydrogen-bond donors (Lipinski definition) is 1. The third-order valence-corrected chi connectivity index (χ3v) is 3.73. The monoisotopic (exact) mass is 224 g/mol. The lowest BCUT2D eigenvalue weighted by Gasteiger charge is -2.40. The van der Waals surface area contributed by atoms with Crippen molar-refractivity contribution in [1.82, 2.24) is 14.7 Å². The highest BCUT2D eigenvalue weighted by molar-refractivity contribution is 5.05. The van der Waals surface area contributed by atoms with Crippen LogP contribution in [-0.2, 0) is 13.5 Å². The van der Waals surface area contributed by atoms with Crippen molar-refractivity contribution >= 4 is 0 Å². The van der Waals surface area contributed by atoms with Crippen LogP contribution in [0.3, 0.4) is 0 Å². The van der Waals surface area contributed by atoms with E-state index in [-0.39, 0.29) is 11.6 Å². The van der Waals surface area contributed by atoms with E-state index in [0.717, 1.165) is 18.5 Å². The van der Waals surface area contributed by atoms with E-state index in [4.69, 9.17) is 5.73 Å². The summed E-state index contributed by atoms with van der Waals surface area (Å²) in [6.07, 6.45) is 3.82. The fourth-order valence-corrected chi connectivity index (χ4v) is 1.93. The van der Waals surface area contributed by atoms with Crippen molar-refractivity contribution in [2.45, 2.75) is 38.3 Å². The summed E-state index contributed by atoms with van der Waals surface area (Å²) < 4.78 is 1.82. The molecule has 92 valence electrons. The zero-order chi connectivity index (χ0) is 12.3. The second-order valence-electron chi connectivity index (χ2n) is 4.90. The highest BCUT2D eigenvalue weighted by Crippen LogP contribution is 2.21. The Hall–Kier alpha value is -0.870. The van der Waals surface area contributed by atoms with Crippen molar-refractivity contribution in [2.75, 3.05) is 14.1 Å². The molecule has 4 heteroatoms. The summed E-state index contributed by atoms with van der Waals surface area (Å²) in [7, 11) is 6.10. The fraction of sp³-hybridized carbons (Fsp3) is 0.750. The molecule has 0 aliphatic carbocycles. The average Bonchev–Trinajstić information content (AvgIpc) is 2.62. The highest BCUT2D eigenvalue weighted by atomic mass is 15.2. The van der Waals surface area contributed by atoms with E-state index in [2.05, 4.69) is 37.9 Å². The summed E-state index contributed by atoms with van der Waals surface area (Å²) in [5.41, 5.74) is 7.41. The summed E-state index contributed by atoms with van der Waals surface area (Å²) in [4.78, 5) is 2.21. The van der Waals surface area contributed by atoms with Crippen LogP contribution in [0.2, 0.25) is 0 Å². The van der Waals surface area contributed by atoms with E-state index < -0.39 is 0 Å². The summed E-state index contributed by atoms with van der Waals surface area (Å²) in [6, 6.07) is 2.13. The molecule has 0 amide bonds. The molecule has 0 aromatic carbocycles. The van der Waals surface area contributed by atoms with Gasteiger partial charge in [-0.15, -0.1) is 0 Å². The predicted octanol–water partition coefficient (Wildman–Crippen LogP) is 1.02. The second-order valence-corrected chi connectivity index (χ2v) is 4.90. The van der Waals surface area contributed by atoms with Crippen LogP contribution in [0.15, 0.2) is 12.3 Å². The first kappa shape index (κ1) is 13.2. The lowest BCUT2D eigenvalue weighted by molar-refractivity contribution is 0.131. The summed E-state index contributed by atoms with van der Waals surface area (Å²) in [6.45, 7) is 4.39. The van der Waals surface area contributed by atoms with Crippen molar-refractivity contribution in [3.8, 4) is 0 Å². The van der Waals surface area contributed by atoms with Crippen LogP contribution in [0.1, 0.15) is 26.0 Å². The van der Waals surface area contributed by atoms with Crippen LogP contribution in [0.5, 0.6) is 0 Å². The van der Waals surface area contributed by atoms with Gasteiger partial charge in [-0.05, 0) is 33.5 Å². The molecule has 4 nitrogen and oxygen atoms in total. The quantitative estimate of drug-likeness (QED) is 0.812. The topological polar surface area (TPSA) is 47.1 Å². The normalized spacial score (nSPS) is 17.4. The Morgan fingerprint density at radius 1 is 1.56 bits per heavy atom. The molecule has 0 aliphatic rings. The summed E-state index contributed by atoms with van der Waals surface area (Å²) in [5.74, 6) is 0. The molecule has 0 bridgehead atoms. The number of hydrogen-bond acceptors (Lipinski definition) is 3. The first-order chi connectivity index (χ1) is 7.40. The van der Waals surface area contributed by atoms with Gasteiger partial charge in [-0.3, -0.25) is 4.68 Å².